The molecule has 0 aromatic heterocycles. The highest BCUT2D eigenvalue weighted by atomic mass is 16.5. The summed E-state index contributed by atoms with van der Waals surface area (Å²) in [5.74, 6) is -1.02. The van der Waals surface area contributed by atoms with E-state index in [4.69, 9.17) is 9.84 Å². The van der Waals surface area contributed by atoms with Crippen molar-refractivity contribution >= 4 is 11.8 Å². The molecule has 5 heteroatoms. The molecule has 0 aliphatic rings. The molecule has 138 valence electrons. The average Bonchev–Trinajstić information content (AvgIpc) is 2.58. The summed E-state index contributed by atoms with van der Waals surface area (Å²) in [6.45, 7) is 4.00. The molecule has 2 N–H and O–H groups in total. The van der Waals surface area contributed by atoms with Gasteiger partial charge in [-0.2, -0.15) is 0 Å². The highest BCUT2D eigenvalue weighted by molar-refractivity contribution is 5.97. The van der Waals surface area contributed by atoms with Crippen molar-refractivity contribution < 1.29 is 24.5 Å². The van der Waals surface area contributed by atoms with Crippen LogP contribution in [0.4, 0.5) is 0 Å². The zero-order valence-electron chi connectivity index (χ0n) is 15.1. The van der Waals surface area contributed by atoms with E-state index in [1.54, 1.807) is 18.2 Å². The second kappa shape index (κ2) is 9.15. The van der Waals surface area contributed by atoms with Gasteiger partial charge in [-0.1, -0.05) is 43.7 Å². The zero-order chi connectivity index (χ0) is 19.1. The Bertz CT molecular complexity index is 795. The molecule has 0 aliphatic heterocycles. The van der Waals surface area contributed by atoms with E-state index in [9.17, 15) is 14.7 Å². The number of aliphatic carboxylic acids is 1. The molecule has 26 heavy (non-hydrogen) atoms. The van der Waals surface area contributed by atoms with Crippen LogP contribution in [-0.2, 0) is 35.6 Å². The number of aromatic hydroxyl groups is 1. The highest BCUT2D eigenvalue weighted by Crippen LogP contribution is 2.28. The quantitative estimate of drug-likeness (QED) is 0.666. The molecule has 2 aromatic rings. The van der Waals surface area contributed by atoms with Crippen LogP contribution in [0.3, 0.4) is 0 Å². The Morgan fingerprint density at radius 2 is 1.65 bits per heavy atom. The van der Waals surface area contributed by atoms with Crippen LogP contribution in [-0.4, -0.2) is 22.0 Å². The number of ketones is 1. The van der Waals surface area contributed by atoms with Crippen molar-refractivity contribution in [3.8, 4) is 5.75 Å². The third-order valence-corrected chi connectivity index (χ3v) is 4.23. The van der Waals surface area contributed by atoms with Crippen LogP contribution in [0.2, 0.25) is 0 Å². The van der Waals surface area contributed by atoms with Crippen molar-refractivity contribution in [1.29, 1.82) is 0 Å². The Labute approximate surface area is 153 Å². The molecule has 0 spiro atoms. The Kier molecular flexibility index (Phi) is 6.92. The summed E-state index contributed by atoms with van der Waals surface area (Å²) in [6, 6.07) is 10.7. The van der Waals surface area contributed by atoms with Gasteiger partial charge in [0.2, 0.25) is 0 Å². The Balaban J connectivity index is 2.14. The van der Waals surface area contributed by atoms with Crippen LogP contribution in [0.15, 0.2) is 36.4 Å². The molecule has 0 aliphatic carbocycles. The summed E-state index contributed by atoms with van der Waals surface area (Å²) in [7, 11) is 0. The first-order valence-corrected chi connectivity index (χ1v) is 8.65. The van der Waals surface area contributed by atoms with Gasteiger partial charge in [0, 0.05) is 5.56 Å². The number of ether oxygens (including phenoxy) is 1. The van der Waals surface area contributed by atoms with Gasteiger partial charge in [0.15, 0.2) is 5.78 Å². The maximum atomic E-state index is 11.6. The maximum absolute atomic E-state index is 11.6. The lowest BCUT2D eigenvalue weighted by Gasteiger charge is -2.14. The van der Waals surface area contributed by atoms with Gasteiger partial charge >= 0.3 is 5.97 Å². The predicted octanol–water partition coefficient (Wildman–Crippen LogP) is 3.89. The Morgan fingerprint density at radius 1 is 1.00 bits per heavy atom. The topological polar surface area (TPSA) is 83.8 Å². The number of phenols is 1. The molecule has 0 saturated heterocycles. The molecular weight excluding hydrogens is 332 g/mol. The number of carbonyl (C=O) groups is 2. The van der Waals surface area contributed by atoms with Gasteiger partial charge in [0.25, 0.3) is 0 Å². The third-order valence-electron chi connectivity index (χ3n) is 4.23. The number of carbonyl (C=O) groups excluding carboxylic acids is 1. The molecule has 0 saturated carbocycles. The first kappa shape index (κ1) is 19.7. The first-order chi connectivity index (χ1) is 12.4. The summed E-state index contributed by atoms with van der Waals surface area (Å²) in [5, 5.41) is 19.4. The number of hydrogen-bond acceptors (Lipinski definition) is 4. The molecule has 5 nitrogen and oxygen atoms in total. The average molecular weight is 356 g/mol. The SMILES string of the molecule is CCCc1c(COCc2ccccc2CC(=O)O)ccc(C(C)=O)c1O. The number of carboxylic acid groups (broad SMARTS) is 1. The highest BCUT2D eigenvalue weighted by Gasteiger charge is 2.15. The van der Waals surface area contributed by atoms with E-state index >= 15 is 0 Å². The van der Waals surface area contributed by atoms with E-state index < -0.39 is 5.97 Å². The smallest absolute Gasteiger partial charge is 0.307 e. The number of hydrogen-bond donors (Lipinski definition) is 2. The first-order valence-electron chi connectivity index (χ1n) is 8.65. The minimum Gasteiger partial charge on any atom is -0.507 e. The lowest BCUT2D eigenvalue weighted by atomic mass is 9.97. The van der Waals surface area contributed by atoms with Crippen molar-refractivity contribution in [2.24, 2.45) is 0 Å². The molecule has 0 atom stereocenters. The van der Waals surface area contributed by atoms with Crippen molar-refractivity contribution in [2.45, 2.75) is 46.3 Å². The van der Waals surface area contributed by atoms with Gasteiger partial charge < -0.3 is 14.9 Å². The number of carboxylic acids is 1. The minimum absolute atomic E-state index is 0.0340. The molecule has 0 unspecified atom stereocenters. The van der Waals surface area contributed by atoms with Crippen molar-refractivity contribution in [2.75, 3.05) is 0 Å². The summed E-state index contributed by atoms with van der Waals surface area (Å²) in [4.78, 5) is 22.6. The van der Waals surface area contributed by atoms with Crippen LogP contribution >= 0.6 is 0 Å². The summed E-state index contributed by atoms with van der Waals surface area (Å²) >= 11 is 0. The van der Waals surface area contributed by atoms with Gasteiger partial charge in [-0.3, -0.25) is 9.59 Å². The van der Waals surface area contributed by atoms with E-state index in [0.717, 1.165) is 28.7 Å². The molecule has 0 fully saturated rings. The third kappa shape index (κ3) is 4.92. The molecule has 2 aromatic carbocycles. The monoisotopic (exact) mass is 356 g/mol. The number of benzene rings is 2. The van der Waals surface area contributed by atoms with Gasteiger partial charge in [0.1, 0.15) is 5.75 Å². The fraction of sp³-hybridized carbons (Fsp3) is 0.333. The fourth-order valence-corrected chi connectivity index (χ4v) is 2.93. The molecule has 2 rings (SSSR count). The molecule has 0 heterocycles. The zero-order valence-corrected chi connectivity index (χ0v) is 15.1. The summed E-state index contributed by atoms with van der Waals surface area (Å²) < 4.78 is 5.78. The second-order valence-corrected chi connectivity index (χ2v) is 6.24. The van der Waals surface area contributed by atoms with Gasteiger partial charge in [-0.25, -0.2) is 0 Å². The van der Waals surface area contributed by atoms with E-state index in [2.05, 4.69) is 0 Å². The van der Waals surface area contributed by atoms with Crippen molar-refractivity contribution in [3.05, 3.63) is 64.2 Å². The Morgan fingerprint density at radius 3 is 2.27 bits per heavy atom. The number of Topliss-reactive ketones (excluding diaryl/α,β-unsaturated/α-hetero) is 1. The van der Waals surface area contributed by atoms with E-state index in [1.165, 1.54) is 6.92 Å². The van der Waals surface area contributed by atoms with Gasteiger partial charge in [-0.15, -0.1) is 0 Å². The standard InChI is InChI=1S/C21H24O5/c1-3-6-19-17(9-10-18(14(2)22)21(19)25)13-26-12-16-8-5-4-7-15(16)11-20(23)24/h4-5,7-10,25H,3,6,11-13H2,1-2H3,(H,23,24). The van der Waals surface area contributed by atoms with Crippen LogP contribution in [0.1, 0.15) is 52.9 Å². The normalized spacial score (nSPS) is 10.7. The lowest BCUT2D eigenvalue weighted by molar-refractivity contribution is -0.136. The number of phenolic OH excluding ortho intramolecular Hbond substituents is 1. The fourth-order valence-electron chi connectivity index (χ4n) is 2.93. The lowest BCUT2D eigenvalue weighted by Crippen LogP contribution is -2.06. The minimum atomic E-state index is -0.882. The summed E-state index contributed by atoms with van der Waals surface area (Å²) in [6.07, 6.45) is 1.44. The van der Waals surface area contributed by atoms with Crippen molar-refractivity contribution in [1.82, 2.24) is 0 Å². The van der Waals surface area contributed by atoms with E-state index in [-0.39, 0.29) is 31.2 Å². The molecule has 0 amide bonds. The van der Waals surface area contributed by atoms with Crippen LogP contribution in [0, 0.1) is 0 Å². The molecule has 0 radical (unpaired) electrons. The molecular formula is C21H24O5. The second-order valence-electron chi connectivity index (χ2n) is 6.24. The molecule has 0 bridgehead atoms. The largest absolute Gasteiger partial charge is 0.507 e. The van der Waals surface area contributed by atoms with Gasteiger partial charge in [-0.05, 0) is 36.1 Å². The van der Waals surface area contributed by atoms with E-state index in [0.29, 0.717) is 12.0 Å². The number of rotatable bonds is 9. The van der Waals surface area contributed by atoms with Crippen molar-refractivity contribution in [3.63, 3.8) is 0 Å². The van der Waals surface area contributed by atoms with Crippen LogP contribution < -0.4 is 0 Å². The van der Waals surface area contributed by atoms with E-state index in [1.807, 2.05) is 25.1 Å². The maximum Gasteiger partial charge on any atom is 0.307 e. The van der Waals surface area contributed by atoms with Crippen LogP contribution in [0.25, 0.3) is 0 Å². The Hall–Kier alpha value is -2.66. The summed E-state index contributed by atoms with van der Waals surface area (Å²) in [5.41, 5.74) is 3.45. The van der Waals surface area contributed by atoms with Gasteiger partial charge in [0.05, 0.1) is 25.2 Å². The predicted molar refractivity (Wildman–Crippen MR) is 98.4 cm³/mol. The van der Waals surface area contributed by atoms with Crippen LogP contribution in [0.5, 0.6) is 5.75 Å².